The molecule has 0 aromatic heterocycles. The van der Waals surface area contributed by atoms with Crippen molar-refractivity contribution in [3.05, 3.63) is 101 Å². The molecule has 3 nitrogen and oxygen atoms in total. The number of amides is 1. The molecule has 0 saturated heterocycles. The minimum Gasteiger partial charge on any atom is -0.444 e. The van der Waals surface area contributed by atoms with E-state index in [4.69, 9.17) is 4.74 Å². The van der Waals surface area contributed by atoms with Crippen LogP contribution in [0.3, 0.4) is 0 Å². The van der Waals surface area contributed by atoms with Gasteiger partial charge in [-0.05, 0) is 69.9 Å². The molecule has 36 heavy (non-hydrogen) atoms. The van der Waals surface area contributed by atoms with Crippen LogP contribution in [0.2, 0.25) is 0 Å². The van der Waals surface area contributed by atoms with E-state index in [9.17, 15) is 4.79 Å². The second-order valence-corrected chi connectivity index (χ2v) is 9.85. The van der Waals surface area contributed by atoms with Crippen molar-refractivity contribution in [3.8, 4) is 0 Å². The van der Waals surface area contributed by atoms with Crippen molar-refractivity contribution in [2.45, 2.75) is 85.8 Å². The standard InChI is InChI=1S/C21H27NO2S.C7H8.2C2H6/c1-16-14-17(15-22-20(23)24-21(2,3)4)10-11-18(16)12-13-25-19-8-6-5-7-9-19;1-7-5-3-2-4-6-7;2*1-2/h5-11,14H,12-13,15H2,1-4H3,(H,22,23);2-6H,1H3;2*1-2H3. The van der Waals surface area contributed by atoms with Crippen LogP contribution in [0.1, 0.15) is 70.7 Å². The maximum Gasteiger partial charge on any atom is 0.407 e. The van der Waals surface area contributed by atoms with Gasteiger partial charge in [0, 0.05) is 17.2 Å². The lowest BCUT2D eigenvalue weighted by Gasteiger charge is -2.19. The summed E-state index contributed by atoms with van der Waals surface area (Å²) in [6.45, 7) is 18.3. The van der Waals surface area contributed by atoms with Gasteiger partial charge in [-0.25, -0.2) is 4.79 Å². The first kappa shape index (κ1) is 33.3. The number of carbonyl (C=O) groups excluding carboxylic acids is 1. The van der Waals surface area contributed by atoms with E-state index in [-0.39, 0.29) is 6.09 Å². The van der Waals surface area contributed by atoms with Gasteiger partial charge >= 0.3 is 6.09 Å². The Morgan fingerprint density at radius 1 is 0.833 bits per heavy atom. The van der Waals surface area contributed by atoms with Crippen molar-refractivity contribution in [1.82, 2.24) is 5.32 Å². The Hall–Kier alpha value is -2.72. The maximum absolute atomic E-state index is 11.7. The molecule has 198 valence electrons. The molecular formula is C32H47NO2S. The zero-order valence-corrected chi connectivity index (χ0v) is 24.7. The van der Waals surface area contributed by atoms with Crippen molar-refractivity contribution in [3.63, 3.8) is 0 Å². The Morgan fingerprint density at radius 2 is 1.39 bits per heavy atom. The van der Waals surface area contributed by atoms with Crippen molar-refractivity contribution < 1.29 is 9.53 Å². The largest absolute Gasteiger partial charge is 0.444 e. The number of nitrogens with one attached hydrogen (secondary N) is 1. The van der Waals surface area contributed by atoms with Gasteiger partial charge in [0.15, 0.2) is 0 Å². The van der Waals surface area contributed by atoms with Crippen LogP contribution in [-0.2, 0) is 17.7 Å². The van der Waals surface area contributed by atoms with Gasteiger partial charge in [0.25, 0.3) is 0 Å². The molecule has 0 unspecified atom stereocenters. The minimum atomic E-state index is -0.472. The molecular weight excluding hydrogens is 462 g/mol. The number of benzene rings is 3. The quantitative estimate of drug-likeness (QED) is 0.336. The smallest absolute Gasteiger partial charge is 0.407 e. The van der Waals surface area contributed by atoms with E-state index in [1.807, 2.05) is 84.5 Å². The van der Waals surface area contributed by atoms with Crippen LogP contribution in [0.4, 0.5) is 4.79 Å². The van der Waals surface area contributed by atoms with E-state index < -0.39 is 5.60 Å². The highest BCUT2D eigenvalue weighted by Crippen LogP contribution is 2.20. The molecule has 3 rings (SSSR count). The van der Waals surface area contributed by atoms with Crippen molar-refractivity contribution in [1.29, 1.82) is 0 Å². The highest BCUT2D eigenvalue weighted by atomic mass is 32.2. The lowest BCUT2D eigenvalue weighted by Crippen LogP contribution is -2.32. The first-order valence-corrected chi connectivity index (χ1v) is 14.0. The summed E-state index contributed by atoms with van der Waals surface area (Å²) in [5.74, 6) is 1.06. The van der Waals surface area contributed by atoms with Gasteiger partial charge in [-0.1, -0.05) is 100.0 Å². The van der Waals surface area contributed by atoms with E-state index >= 15 is 0 Å². The second kappa shape index (κ2) is 19.5. The summed E-state index contributed by atoms with van der Waals surface area (Å²) in [5.41, 5.74) is 4.55. The van der Waals surface area contributed by atoms with Gasteiger partial charge in [0.2, 0.25) is 0 Å². The molecule has 4 heteroatoms. The summed E-state index contributed by atoms with van der Waals surface area (Å²) in [6, 6.07) is 27.1. The van der Waals surface area contributed by atoms with Crippen LogP contribution in [0.15, 0.2) is 83.8 Å². The van der Waals surface area contributed by atoms with E-state index in [1.54, 1.807) is 0 Å². The lowest BCUT2D eigenvalue weighted by molar-refractivity contribution is 0.0523. The van der Waals surface area contributed by atoms with Gasteiger partial charge in [-0.15, -0.1) is 11.8 Å². The normalized spacial score (nSPS) is 9.81. The van der Waals surface area contributed by atoms with Crippen molar-refractivity contribution >= 4 is 17.9 Å². The zero-order valence-electron chi connectivity index (χ0n) is 23.9. The van der Waals surface area contributed by atoms with Crippen LogP contribution in [-0.4, -0.2) is 17.4 Å². The average molecular weight is 510 g/mol. The van der Waals surface area contributed by atoms with Gasteiger partial charge in [0.05, 0.1) is 0 Å². The van der Waals surface area contributed by atoms with Crippen molar-refractivity contribution in [2.24, 2.45) is 0 Å². The molecule has 0 atom stereocenters. The van der Waals surface area contributed by atoms with Crippen molar-refractivity contribution in [2.75, 3.05) is 5.75 Å². The molecule has 3 aromatic rings. The van der Waals surface area contributed by atoms with Crippen LogP contribution >= 0.6 is 11.8 Å². The summed E-state index contributed by atoms with van der Waals surface area (Å²) in [4.78, 5) is 13.0. The molecule has 3 aromatic carbocycles. The van der Waals surface area contributed by atoms with Gasteiger partial charge in [-0.3, -0.25) is 0 Å². The summed E-state index contributed by atoms with van der Waals surface area (Å²) in [5, 5.41) is 2.80. The monoisotopic (exact) mass is 509 g/mol. The van der Waals surface area contributed by atoms with Gasteiger partial charge in [0.1, 0.15) is 5.60 Å². The molecule has 1 amide bonds. The summed E-state index contributed by atoms with van der Waals surface area (Å²) in [7, 11) is 0. The maximum atomic E-state index is 11.7. The zero-order chi connectivity index (χ0) is 27.4. The van der Waals surface area contributed by atoms with Gasteiger partial charge < -0.3 is 10.1 Å². The summed E-state index contributed by atoms with van der Waals surface area (Å²) < 4.78 is 5.26. The highest BCUT2D eigenvalue weighted by molar-refractivity contribution is 7.99. The topological polar surface area (TPSA) is 38.3 Å². The number of hydrogen-bond acceptors (Lipinski definition) is 3. The fourth-order valence-electron chi connectivity index (χ4n) is 2.97. The third-order valence-electron chi connectivity index (χ3n) is 4.57. The Morgan fingerprint density at radius 3 is 1.86 bits per heavy atom. The molecule has 0 radical (unpaired) electrons. The van der Waals surface area contributed by atoms with Crippen LogP contribution in [0, 0.1) is 13.8 Å². The number of rotatable bonds is 6. The van der Waals surface area contributed by atoms with E-state index in [2.05, 4.69) is 73.8 Å². The highest BCUT2D eigenvalue weighted by Gasteiger charge is 2.15. The van der Waals surface area contributed by atoms with E-state index in [1.165, 1.54) is 21.6 Å². The third kappa shape index (κ3) is 16.0. The van der Waals surface area contributed by atoms with Crippen LogP contribution in [0.5, 0.6) is 0 Å². The predicted octanol–water partition coefficient (Wildman–Crippen LogP) is 9.40. The number of aryl methyl sites for hydroxylation is 3. The third-order valence-corrected chi connectivity index (χ3v) is 5.58. The molecule has 0 aliphatic rings. The van der Waals surface area contributed by atoms with E-state index in [0.29, 0.717) is 6.54 Å². The Labute approximate surface area is 225 Å². The van der Waals surface area contributed by atoms with E-state index in [0.717, 1.165) is 17.7 Å². The van der Waals surface area contributed by atoms with Crippen LogP contribution in [0.25, 0.3) is 0 Å². The fraction of sp³-hybridized carbons (Fsp3) is 0.406. The summed E-state index contributed by atoms with van der Waals surface area (Å²) >= 11 is 1.87. The molecule has 0 spiro atoms. The minimum absolute atomic E-state index is 0.381. The Balaban J connectivity index is 0.000000932. The number of ether oxygens (including phenoxy) is 1. The number of carbonyl (C=O) groups is 1. The molecule has 0 aliphatic heterocycles. The predicted molar refractivity (Wildman–Crippen MR) is 159 cm³/mol. The molecule has 0 bridgehead atoms. The first-order valence-electron chi connectivity index (χ1n) is 13.0. The average Bonchev–Trinajstić information content (AvgIpc) is 2.87. The molecule has 1 N–H and O–H groups in total. The Kier molecular flexibility index (Phi) is 18.0. The lowest BCUT2D eigenvalue weighted by atomic mass is 10.0. The van der Waals surface area contributed by atoms with Gasteiger partial charge in [-0.2, -0.15) is 0 Å². The molecule has 0 heterocycles. The summed E-state index contributed by atoms with van der Waals surface area (Å²) in [6.07, 6.45) is 0.652. The Bertz CT molecular complexity index is 951. The molecule has 0 fully saturated rings. The number of thioether (sulfide) groups is 1. The molecule has 0 saturated carbocycles. The van der Waals surface area contributed by atoms with Crippen LogP contribution < -0.4 is 5.32 Å². The number of alkyl carbamates (subject to hydrolysis) is 1. The number of hydrogen-bond donors (Lipinski definition) is 1. The molecule has 0 aliphatic carbocycles. The second-order valence-electron chi connectivity index (χ2n) is 8.68. The fourth-order valence-corrected chi connectivity index (χ4v) is 3.87. The first-order chi connectivity index (χ1) is 17.2. The SMILES string of the molecule is CC.CC.Cc1cc(CNC(=O)OC(C)(C)C)ccc1CCSc1ccccc1.Cc1ccccc1.